The van der Waals surface area contributed by atoms with Gasteiger partial charge < -0.3 is 19.9 Å². The van der Waals surface area contributed by atoms with Crippen molar-refractivity contribution in [2.45, 2.75) is 13.0 Å². The van der Waals surface area contributed by atoms with Crippen molar-refractivity contribution in [1.82, 2.24) is 15.2 Å². The molecule has 23 heavy (non-hydrogen) atoms. The van der Waals surface area contributed by atoms with Crippen LogP contribution >= 0.6 is 11.6 Å². The molecular weight excluding hydrogens is 312 g/mol. The number of nitrogens with zero attached hydrogens (tertiary/aromatic N) is 2. The van der Waals surface area contributed by atoms with Gasteiger partial charge in [-0.1, -0.05) is 17.7 Å². The summed E-state index contributed by atoms with van der Waals surface area (Å²) in [5, 5.41) is 7.30. The minimum Gasteiger partial charge on any atom is -0.497 e. The first-order chi connectivity index (χ1) is 11.1. The van der Waals surface area contributed by atoms with Crippen LogP contribution in [0.25, 0.3) is 0 Å². The number of benzene rings is 1. The van der Waals surface area contributed by atoms with E-state index in [2.05, 4.69) is 27.9 Å². The average molecular weight is 335 g/mol. The molecule has 0 bridgehead atoms. The van der Waals surface area contributed by atoms with Crippen molar-refractivity contribution in [3.8, 4) is 5.75 Å². The van der Waals surface area contributed by atoms with Gasteiger partial charge in [0.25, 0.3) is 0 Å². The number of rotatable bonds is 6. The first-order valence-electron chi connectivity index (χ1n) is 7.50. The lowest BCUT2D eigenvalue weighted by atomic mass is 10.1. The summed E-state index contributed by atoms with van der Waals surface area (Å²) in [6, 6.07) is 7.82. The van der Waals surface area contributed by atoms with E-state index in [0.717, 1.165) is 41.8 Å². The zero-order valence-electron chi connectivity index (χ0n) is 13.8. The standard InChI is InChI=1S/C17H23ClN4O/c1-19-17(21-11-13-7-9-22(2)12-13)20-8-6-14-4-5-15(23-3)10-16(14)18/h4-5,7,9-10,12H,6,8,11H2,1-3H3,(H2,19,20,21). The molecule has 0 saturated heterocycles. The van der Waals surface area contributed by atoms with Crippen LogP contribution in [0.5, 0.6) is 5.75 Å². The third-order valence-corrected chi connectivity index (χ3v) is 3.88. The highest BCUT2D eigenvalue weighted by Gasteiger charge is 2.04. The minimum absolute atomic E-state index is 0.721. The third-order valence-electron chi connectivity index (χ3n) is 3.52. The maximum atomic E-state index is 6.24. The van der Waals surface area contributed by atoms with Gasteiger partial charge in [0.1, 0.15) is 5.75 Å². The Bertz CT molecular complexity index is 666. The Morgan fingerprint density at radius 3 is 2.74 bits per heavy atom. The van der Waals surface area contributed by atoms with E-state index in [-0.39, 0.29) is 0 Å². The summed E-state index contributed by atoms with van der Waals surface area (Å²) < 4.78 is 7.18. The summed E-state index contributed by atoms with van der Waals surface area (Å²) in [4.78, 5) is 4.23. The van der Waals surface area contributed by atoms with Crippen LogP contribution in [0.4, 0.5) is 0 Å². The van der Waals surface area contributed by atoms with Crippen LogP contribution in [-0.2, 0) is 20.0 Å². The quantitative estimate of drug-likeness (QED) is 0.630. The molecule has 1 aromatic carbocycles. The van der Waals surface area contributed by atoms with Gasteiger partial charge >= 0.3 is 0 Å². The highest BCUT2D eigenvalue weighted by molar-refractivity contribution is 6.31. The zero-order valence-corrected chi connectivity index (χ0v) is 14.5. The van der Waals surface area contributed by atoms with E-state index in [4.69, 9.17) is 16.3 Å². The van der Waals surface area contributed by atoms with Gasteiger partial charge in [0.2, 0.25) is 0 Å². The smallest absolute Gasteiger partial charge is 0.191 e. The Hall–Kier alpha value is -2.14. The van der Waals surface area contributed by atoms with Crippen LogP contribution in [0.15, 0.2) is 41.7 Å². The van der Waals surface area contributed by atoms with E-state index >= 15 is 0 Å². The number of aromatic nitrogens is 1. The normalized spacial score (nSPS) is 11.4. The molecule has 1 aromatic heterocycles. The van der Waals surface area contributed by atoms with Gasteiger partial charge in [-0.2, -0.15) is 0 Å². The number of aryl methyl sites for hydroxylation is 1. The topological polar surface area (TPSA) is 50.6 Å². The summed E-state index contributed by atoms with van der Waals surface area (Å²) in [5.41, 5.74) is 2.30. The Morgan fingerprint density at radius 2 is 2.13 bits per heavy atom. The monoisotopic (exact) mass is 334 g/mol. The van der Waals surface area contributed by atoms with E-state index in [9.17, 15) is 0 Å². The highest BCUT2D eigenvalue weighted by atomic mass is 35.5. The van der Waals surface area contributed by atoms with Gasteiger partial charge in [0.15, 0.2) is 5.96 Å². The number of aliphatic imine (C=N–C) groups is 1. The molecule has 0 saturated carbocycles. The molecule has 124 valence electrons. The maximum absolute atomic E-state index is 6.24. The van der Waals surface area contributed by atoms with Gasteiger partial charge in [-0.05, 0) is 35.7 Å². The molecule has 0 spiro atoms. The number of methoxy groups -OCH3 is 1. The largest absolute Gasteiger partial charge is 0.497 e. The van der Waals surface area contributed by atoms with Gasteiger partial charge in [-0.15, -0.1) is 0 Å². The number of halogens is 1. The van der Waals surface area contributed by atoms with E-state index < -0.39 is 0 Å². The van der Waals surface area contributed by atoms with Crippen LogP contribution in [0.3, 0.4) is 0 Å². The number of nitrogens with one attached hydrogen (secondary N) is 2. The maximum Gasteiger partial charge on any atom is 0.191 e. The van der Waals surface area contributed by atoms with Crippen LogP contribution < -0.4 is 15.4 Å². The fourth-order valence-corrected chi connectivity index (χ4v) is 2.51. The van der Waals surface area contributed by atoms with Crippen molar-refractivity contribution in [3.63, 3.8) is 0 Å². The lowest BCUT2D eigenvalue weighted by Gasteiger charge is -2.12. The summed E-state index contributed by atoms with van der Waals surface area (Å²) in [6.45, 7) is 1.49. The first-order valence-corrected chi connectivity index (χ1v) is 7.88. The summed E-state index contributed by atoms with van der Waals surface area (Å²) in [6.07, 6.45) is 4.92. The second-order valence-electron chi connectivity index (χ2n) is 5.25. The number of ether oxygens (including phenoxy) is 1. The van der Waals surface area contributed by atoms with Crippen LogP contribution in [0, 0.1) is 0 Å². The van der Waals surface area contributed by atoms with Crippen molar-refractivity contribution < 1.29 is 4.74 Å². The van der Waals surface area contributed by atoms with E-state index in [1.165, 1.54) is 5.56 Å². The number of guanidine groups is 1. The van der Waals surface area contributed by atoms with Crippen LogP contribution in [0.1, 0.15) is 11.1 Å². The van der Waals surface area contributed by atoms with Gasteiger partial charge in [-0.3, -0.25) is 4.99 Å². The molecule has 0 atom stereocenters. The Morgan fingerprint density at radius 1 is 1.30 bits per heavy atom. The van der Waals surface area contributed by atoms with Crippen molar-refractivity contribution >= 4 is 17.6 Å². The Kier molecular flexibility index (Phi) is 6.35. The first kappa shape index (κ1) is 17.2. The summed E-state index contributed by atoms with van der Waals surface area (Å²) in [5.74, 6) is 1.55. The molecule has 1 heterocycles. The van der Waals surface area contributed by atoms with Gasteiger partial charge in [0, 0.05) is 44.6 Å². The van der Waals surface area contributed by atoms with Gasteiger partial charge in [0.05, 0.1) is 7.11 Å². The molecule has 5 nitrogen and oxygen atoms in total. The fourth-order valence-electron chi connectivity index (χ4n) is 2.25. The van der Waals surface area contributed by atoms with Crippen molar-refractivity contribution in [1.29, 1.82) is 0 Å². The molecule has 2 rings (SSSR count). The molecule has 2 N–H and O–H groups in total. The molecule has 2 aromatic rings. The van der Waals surface area contributed by atoms with Gasteiger partial charge in [-0.25, -0.2) is 0 Å². The molecule has 0 aliphatic carbocycles. The van der Waals surface area contributed by atoms with Crippen molar-refractivity contribution in [2.24, 2.45) is 12.0 Å². The molecule has 0 aliphatic rings. The van der Waals surface area contributed by atoms with E-state index in [1.54, 1.807) is 14.2 Å². The second-order valence-corrected chi connectivity index (χ2v) is 5.65. The number of hydrogen-bond donors (Lipinski definition) is 2. The minimum atomic E-state index is 0.721. The Labute approximate surface area is 142 Å². The lowest BCUT2D eigenvalue weighted by molar-refractivity contribution is 0.414. The average Bonchev–Trinajstić information content (AvgIpc) is 2.97. The van der Waals surface area contributed by atoms with Crippen LogP contribution in [-0.4, -0.2) is 31.2 Å². The summed E-state index contributed by atoms with van der Waals surface area (Å²) in [7, 11) is 5.41. The predicted octanol–water partition coefficient (Wildman–Crippen LogP) is 2.59. The molecular formula is C17H23ClN4O. The molecule has 0 radical (unpaired) electrons. The molecule has 0 unspecified atom stereocenters. The Balaban J connectivity index is 1.79. The SMILES string of the molecule is CN=C(NCCc1ccc(OC)cc1Cl)NCc1ccn(C)c1. The third kappa shape index (κ3) is 5.21. The lowest BCUT2D eigenvalue weighted by Crippen LogP contribution is -2.37. The van der Waals surface area contributed by atoms with E-state index in [1.807, 2.05) is 36.0 Å². The molecule has 0 amide bonds. The fraction of sp³-hybridized carbons (Fsp3) is 0.353. The van der Waals surface area contributed by atoms with E-state index in [0.29, 0.717) is 0 Å². The zero-order chi connectivity index (χ0) is 16.7. The van der Waals surface area contributed by atoms with Crippen LogP contribution in [0.2, 0.25) is 5.02 Å². The number of hydrogen-bond acceptors (Lipinski definition) is 2. The van der Waals surface area contributed by atoms with Crippen molar-refractivity contribution in [2.75, 3.05) is 20.7 Å². The predicted molar refractivity (Wildman–Crippen MR) is 95.3 cm³/mol. The molecule has 6 heteroatoms. The molecule has 0 aliphatic heterocycles. The summed E-state index contributed by atoms with van der Waals surface area (Å²) >= 11 is 6.24. The second kappa shape index (κ2) is 8.48. The molecule has 0 fully saturated rings. The van der Waals surface area contributed by atoms with Crippen molar-refractivity contribution in [3.05, 3.63) is 52.8 Å². The highest BCUT2D eigenvalue weighted by Crippen LogP contribution is 2.22.